The average molecular weight is 544 g/mol. The van der Waals surface area contributed by atoms with Crippen molar-refractivity contribution >= 4 is 33.2 Å². The Morgan fingerprint density at radius 3 is 2.54 bits per heavy atom. The van der Waals surface area contributed by atoms with E-state index in [1.165, 1.54) is 20.1 Å². The van der Waals surface area contributed by atoms with Crippen LogP contribution < -0.4 is 15.4 Å². The summed E-state index contributed by atoms with van der Waals surface area (Å²) in [4.78, 5) is 38.3. The van der Waals surface area contributed by atoms with Crippen molar-refractivity contribution in [3.63, 3.8) is 0 Å². The summed E-state index contributed by atoms with van der Waals surface area (Å²) in [5.41, 5.74) is -0.206. The zero-order valence-corrected chi connectivity index (χ0v) is 21.7. The number of aliphatic hydroxyl groups is 2. The number of benzene rings is 1. The first-order valence-electron chi connectivity index (χ1n) is 12.0. The van der Waals surface area contributed by atoms with Crippen molar-refractivity contribution in [2.75, 3.05) is 37.8 Å². The van der Waals surface area contributed by atoms with Crippen LogP contribution in [-0.4, -0.2) is 109 Å². The number of ketones is 1. The molecule has 1 aromatic carbocycles. The van der Waals surface area contributed by atoms with E-state index in [2.05, 4.69) is 15.5 Å². The smallest absolute Gasteiger partial charge is 0.340 e. The summed E-state index contributed by atoms with van der Waals surface area (Å²) < 4.78 is 36.3. The minimum Gasteiger partial charge on any atom is -0.496 e. The molecule has 0 aromatic heterocycles. The molecule has 2 heterocycles. The predicted octanol–water partition coefficient (Wildman–Crippen LogP) is -0.785. The number of aliphatic hydroxyl groups excluding tert-OH is 2. The van der Waals surface area contributed by atoms with Crippen LogP contribution in [0.15, 0.2) is 17.0 Å². The van der Waals surface area contributed by atoms with E-state index >= 15 is 0 Å². The number of carboxylic acid groups (broad SMARTS) is 1. The Labute approximate surface area is 214 Å². The summed E-state index contributed by atoms with van der Waals surface area (Å²) >= 11 is 0. The standard InChI is InChI=1S/C23H33N3O10S/c1-4-26-8-6-7-12(26)11-24-21(30)13-9-16(37(33,34)5-2)14(10-15(13)35-3)25-22-19(29)17(27)18(28)20(36-22)23(31)32/h9-10,12,17,19-20,22,25,27,29H,4-8,11H2,1-3H3,(H,24,30)(H,31,32). The Kier molecular flexibility index (Phi) is 9.13. The van der Waals surface area contributed by atoms with Gasteiger partial charge in [0.25, 0.3) is 5.91 Å². The van der Waals surface area contributed by atoms with Gasteiger partial charge in [0.15, 0.2) is 16.1 Å². The van der Waals surface area contributed by atoms with Gasteiger partial charge in [-0.3, -0.25) is 14.5 Å². The van der Waals surface area contributed by atoms with Gasteiger partial charge in [-0.2, -0.15) is 0 Å². The molecule has 2 aliphatic heterocycles. The molecular weight excluding hydrogens is 510 g/mol. The third-order valence-electron chi connectivity index (χ3n) is 6.65. The van der Waals surface area contributed by atoms with Crippen LogP contribution in [-0.2, 0) is 24.2 Å². The van der Waals surface area contributed by atoms with Gasteiger partial charge in [-0.05, 0) is 32.0 Å². The minimum absolute atomic E-state index is 0.00512. The molecule has 5 N–H and O–H groups in total. The summed E-state index contributed by atoms with van der Waals surface area (Å²) in [6.45, 7) is 5.60. The Morgan fingerprint density at radius 1 is 1.24 bits per heavy atom. The number of nitrogens with zero attached hydrogens (tertiary/aromatic N) is 1. The molecule has 0 aliphatic carbocycles. The highest BCUT2D eigenvalue weighted by Crippen LogP contribution is 2.33. The molecule has 13 nitrogen and oxygen atoms in total. The third-order valence-corrected chi connectivity index (χ3v) is 8.42. The largest absolute Gasteiger partial charge is 0.496 e. The lowest BCUT2D eigenvalue weighted by Gasteiger charge is -2.35. The van der Waals surface area contributed by atoms with Gasteiger partial charge in [-0.15, -0.1) is 0 Å². The van der Waals surface area contributed by atoms with Gasteiger partial charge in [0.1, 0.15) is 18.0 Å². The monoisotopic (exact) mass is 543 g/mol. The maximum Gasteiger partial charge on any atom is 0.340 e. The van der Waals surface area contributed by atoms with Gasteiger partial charge in [0.2, 0.25) is 11.9 Å². The molecule has 0 spiro atoms. The number of likely N-dealkylation sites (tertiary alicyclic amines) is 1. The van der Waals surface area contributed by atoms with Crippen molar-refractivity contribution in [1.82, 2.24) is 10.2 Å². The Balaban J connectivity index is 1.95. The van der Waals surface area contributed by atoms with Crippen LogP contribution in [0.3, 0.4) is 0 Å². The molecule has 0 bridgehead atoms. The molecule has 3 rings (SSSR count). The van der Waals surface area contributed by atoms with Crippen LogP contribution in [0, 0.1) is 0 Å². The number of carboxylic acids is 1. The first kappa shape index (κ1) is 28.8. The molecular formula is C23H33N3O10S. The first-order valence-corrected chi connectivity index (χ1v) is 13.6. The topological polar surface area (TPSA) is 192 Å². The van der Waals surface area contributed by atoms with Gasteiger partial charge in [0.05, 0.1) is 29.0 Å². The van der Waals surface area contributed by atoms with Crippen molar-refractivity contribution in [1.29, 1.82) is 0 Å². The lowest BCUT2D eigenvalue weighted by atomic mass is 9.99. The number of carbonyl (C=O) groups excluding carboxylic acids is 2. The molecule has 37 heavy (non-hydrogen) atoms. The normalized spacial score (nSPS) is 26.6. The minimum atomic E-state index is -3.96. The molecule has 2 saturated heterocycles. The van der Waals surface area contributed by atoms with Crippen molar-refractivity contribution in [2.24, 2.45) is 0 Å². The summed E-state index contributed by atoms with van der Waals surface area (Å²) in [6.07, 6.45) is -5.77. The van der Waals surface area contributed by atoms with Crippen molar-refractivity contribution < 1.29 is 47.6 Å². The second-order valence-electron chi connectivity index (χ2n) is 8.84. The van der Waals surface area contributed by atoms with Gasteiger partial charge in [0, 0.05) is 18.7 Å². The number of aliphatic carboxylic acids is 1. The molecule has 2 fully saturated rings. The maximum atomic E-state index is 13.1. The highest BCUT2D eigenvalue weighted by atomic mass is 32.2. The fourth-order valence-corrected chi connectivity index (χ4v) is 5.58. The van der Waals surface area contributed by atoms with E-state index in [0.717, 1.165) is 32.0 Å². The second-order valence-corrected chi connectivity index (χ2v) is 11.1. The zero-order valence-electron chi connectivity index (χ0n) is 20.8. The molecule has 0 radical (unpaired) electrons. The molecule has 1 aromatic rings. The number of hydrogen-bond acceptors (Lipinski definition) is 11. The quantitative estimate of drug-likeness (QED) is 0.232. The molecule has 2 aliphatic rings. The van der Waals surface area contributed by atoms with Gasteiger partial charge >= 0.3 is 5.97 Å². The SMILES string of the molecule is CCN1CCCC1CNC(=O)c1cc(S(=O)(=O)CC)c(NC2OC(C(=O)O)C(=O)C(O)C2O)cc1OC. The Bertz CT molecular complexity index is 1140. The lowest BCUT2D eigenvalue weighted by molar-refractivity contribution is -0.188. The number of carbonyl (C=O) groups is 3. The molecule has 206 valence electrons. The van der Waals surface area contributed by atoms with E-state index in [-0.39, 0.29) is 33.7 Å². The van der Waals surface area contributed by atoms with E-state index in [9.17, 15) is 38.1 Å². The Morgan fingerprint density at radius 2 is 1.95 bits per heavy atom. The van der Waals surface area contributed by atoms with E-state index < -0.39 is 52.0 Å². The fraction of sp³-hybridized carbons (Fsp3) is 0.609. The van der Waals surface area contributed by atoms with E-state index in [0.29, 0.717) is 6.54 Å². The van der Waals surface area contributed by atoms with Gasteiger partial charge in [-0.25, -0.2) is 13.2 Å². The van der Waals surface area contributed by atoms with Crippen LogP contribution in [0.2, 0.25) is 0 Å². The highest BCUT2D eigenvalue weighted by molar-refractivity contribution is 7.91. The molecule has 5 atom stereocenters. The predicted molar refractivity (Wildman–Crippen MR) is 130 cm³/mol. The number of nitrogens with one attached hydrogen (secondary N) is 2. The summed E-state index contributed by atoms with van der Waals surface area (Å²) in [5.74, 6) is -3.80. The number of likely N-dealkylation sites (N-methyl/N-ethyl adjacent to an activating group) is 1. The number of ether oxygens (including phenoxy) is 2. The van der Waals surface area contributed by atoms with Crippen LogP contribution in [0.1, 0.15) is 37.0 Å². The summed E-state index contributed by atoms with van der Waals surface area (Å²) in [5, 5.41) is 34.9. The highest BCUT2D eigenvalue weighted by Gasteiger charge is 2.47. The number of sulfone groups is 1. The average Bonchev–Trinajstić information content (AvgIpc) is 3.34. The lowest BCUT2D eigenvalue weighted by Crippen LogP contribution is -2.59. The third kappa shape index (κ3) is 6.04. The van der Waals surface area contributed by atoms with Crippen molar-refractivity contribution in [3.8, 4) is 5.75 Å². The van der Waals surface area contributed by atoms with E-state index in [1.807, 2.05) is 6.92 Å². The maximum absolute atomic E-state index is 13.1. The van der Waals surface area contributed by atoms with Gasteiger partial charge in [-0.1, -0.05) is 13.8 Å². The number of amides is 1. The summed E-state index contributed by atoms with van der Waals surface area (Å²) in [7, 11) is -2.68. The zero-order chi connectivity index (χ0) is 27.5. The fourth-order valence-electron chi connectivity index (χ4n) is 4.52. The van der Waals surface area contributed by atoms with Crippen LogP contribution in [0.5, 0.6) is 5.75 Å². The molecule has 1 amide bonds. The molecule has 0 saturated carbocycles. The van der Waals surface area contributed by atoms with Crippen molar-refractivity contribution in [2.45, 2.75) is 62.2 Å². The number of methoxy groups -OCH3 is 1. The Hall–Kier alpha value is -2.78. The number of hydrogen-bond donors (Lipinski definition) is 5. The molecule has 5 unspecified atom stereocenters. The van der Waals surface area contributed by atoms with E-state index in [1.54, 1.807) is 0 Å². The molecule has 14 heteroatoms. The first-order chi connectivity index (χ1) is 17.4. The van der Waals surface area contributed by atoms with Crippen LogP contribution in [0.25, 0.3) is 0 Å². The van der Waals surface area contributed by atoms with Gasteiger partial charge < -0.3 is 35.4 Å². The van der Waals surface area contributed by atoms with Crippen molar-refractivity contribution in [3.05, 3.63) is 17.7 Å². The van der Waals surface area contributed by atoms with Crippen LogP contribution in [0.4, 0.5) is 5.69 Å². The van der Waals surface area contributed by atoms with E-state index in [4.69, 9.17) is 9.47 Å². The number of rotatable bonds is 10. The summed E-state index contributed by atoms with van der Waals surface area (Å²) in [6, 6.07) is 2.51. The number of Topliss-reactive ketones (excluding diaryl/α,β-unsaturated/α-hetero) is 1. The number of anilines is 1. The second kappa shape index (κ2) is 11.7. The van der Waals surface area contributed by atoms with Crippen LogP contribution >= 0.6 is 0 Å².